The van der Waals surface area contributed by atoms with Crippen molar-refractivity contribution in [1.29, 1.82) is 0 Å². The van der Waals surface area contributed by atoms with Gasteiger partial charge in [0, 0.05) is 12.2 Å². The summed E-state index contributed by atoms with van der Waals surface area (Å²) in [6.07, 6.45) is 4.74. The summed E-state index contributed by atoms with van der Waals surface area (Å²) in [7, 11) is 0. The molecule has 1 aliphatic heterocycles. The van der Waals surface area contributed by atoms with Gasteiger partial charge in [0.1, 0.15) is 18.2 Å². The summed E-state index contributed by atoms with van der Waals surface area (Å²) in [5.41, 5.74) is 2.79. The van der Waals surface area contributed by atoms with E-state index in [1.165, 1.54) is 6.08 Å². The van der Waals surface area contributed by atoms with Gasteiger partial charge >= 0.3 is 0 Å². The molecule has 4 rings (SSSR count). The van der Waals surface area contributed by atoms with Gasteiger partial charge in [0.2, 0.25) is 0 Å². The lowest BCUT2D eigenvalue weighted by Crippen LogP contribution is -2.25. The van der Waals surface area contributed by atoms with E-state index in [4.69, 9.17) is 9.47 Å². The predicted molar refractivity (Wildman–Crippen MR) is 126 cm³/mol. The summed E-state index contributed by atoms with van der Waals surface area (Å²) < 4.78 is 55.4. The minimum absolute atomic E-state index is 0.0143. The van der Waals surface area contributed by atoms with Crippen LogP contribution in [0.5, 0.6) is 0 Å². The van der Waals surface area contributed by atoms with E-state index in [0.29, 0.717) is 29.2 Å². The average Bonchev–Trinajstić information content (AvgIpc) is 2.83. The largest absolute Gasteiger partial charge is 0.491 e. The molecule has 33 heavy (non-hydrogen) atoms. The van der Waals surface area contributed by atoms with Crippen molar-refractivity contribution in [2.45, 2.75) is 45.1 Å². The normalized spacial score (nSPS) is 25.6. The molecule has 2 aliphatic rings. The third-order valence-electron chi connectivity index (χ3n) is 6.23. The van der Waals surface area contributed by atoms with E-state index in [0.717, 1.165) is 18.4 Å². The molecule has 174 valence electrons. The van der Waals surface area contributed by atoms with Gasteiger partial charge in [-0.25, -0.2) is 13.2 Å². The van der Waals surface area contributed by atoms with Crippen molar-refractivity contribution in [3.8, 4) is 11.1 Å². The van der Waals surface area contributed by atoms with Crippen LogP contribution in [-0.2, 0) is 9.47 Å². The minimum atomic E-state index is -1.86. The highest BCUT2D eigenvalue weighted by Crippen LogP contribution is 2.35. The third-order valence-corrected chi connectivity index (χ3v) is 6.23. The highest BCUT2D eigenvalue weighted by Gasteiger charge is 2.32. The van der Waals surface area contributed by atoms with Crippen molar-refractivity contribution >= 4 is 5.57 Å². The Labute approximate surface area is 193 Å². The smallest absolute Gasteiger partial charge is 0.192 e. The quantitative estimate of drug-likeness (QED) is 0.420. The first-order valence-corrected chi connectivity index (χ1v) is 11.4. The predicted octanol–water partition coefficient (Wildman–Crippen LogP) is 7.53. The number of halogens is 3. The van der Waals surface area contributed by atoms with Crippen LogP contribution in [0.1, 0.15) is 43.9 Å². The number of allylic oxidation sites excluding steroid dienone is 5. The standard InChI is InChI=1S/C28H29F3O2/c1-3-4-15-32-26-14-12-23(27(30)28(26)31)20-8-6-19(7-9-20)22-11-10-21(16-24(22)29)25-13-5-18(2)17-33-25/h3-4,6-12,14,16,18,25,27-28H,5,13,15,17H2,1-2H3/b4-3+. The number of hydrogen-bond donors (Lipinski definition) is 0. The molecule has 0 saturated carbocycles. The Morgan fingerprint density at radius 1 is 1.00 bits per heavy atom. The lowest BCUT2D eigenvalue weighted by atomic mass is 9.91. The molecule has 1 fully saturated rings. The van der Waals surface area contributed by atoms with E-state index in [2.05, 4.69) is 6.92 Å². The molecule has 0 radical (unpaired) electrons. The summed E-state index contributed by atoms with van der Waals surface area (Å²) in [6, 6.07) is 12.1. The molecule has 0 bridgehead atoms. The third kappa shape index (κ3) is 5.25. The van der Waals surface area contributed by atoms with Crippen molar-refractivity contribution in [2.24, 2.45) is 5.92 Å². The summed E-state index contributed by atoms with van der Waals surface area (Å²) in [6.45, 7) is 4.87. The fourth-order valence-corrected chi connectivity index (χ4v) is 4.24. The Balaban J connectivity index is 1.50. The molecule has 0 aromatic heterocycles. The maximum atomic E-state index is 14.9. The molecule has 4 unspecified atom stereocenters. The van der Waals surface area contributed by atoms with Gasteiger partial charge in [-0.2, -0.15) is 0 Å². The Morgan fingerprint density at radius 2 is 1.76 bits per heavy atom. The van der Waals surface area contributed by atoms with Crippen molar-refractivity contribution in [3.05, 3.63) is 89.5 Å². The van der Waals surface area contributed by atoms with Gasteiger partial charge in [0.05, 0.1) is 6.10 Å². The van der Waals surface area contributed by atoms with Crippen LogP contribution in [0.3, 0.4) is 0 Å². The summed E-state index contributed by atoms with van der Waals surface area (Å²) >= 11 is 0. The van der Waals surface area contributed by atoms with Crippen molar-refractivity contribution in [3.63, 3.8) is 0 Å². The molecule has 1 saturated heterocycles. The first-order valence-electron chi connectivity index (χ1n) is 11.4. The van der Waals surface area contributed by atoms with Crippen LogP contribution in [0.4, 0.5) is 13.2 Å². The Bertz CT molecular complexity index is 1050. The van der Waals surface area contributed by atoms with Crippen LogP contribution in [0.2, 0.25) is 0 Å². The first kappa shape index (κ1) is 23.4. The molecule has 1 heterocycles. The second kappa shape index (κ2) is 10.4. The van der Waals surface area contributed by atoms with E-state index in [1.54, 1.807) is 54.6 Å². The number of rotatable bonds is 6. The summed E-state index contributed by atoms with van der Waals surface area (Å²) in [5, 5.41) is 0. The second-order valence-electron chi connectivity index (χ2n) is 8.70. The van der Waals surface area contributed by atoms with E-state index in [-0.39, 0.29) is 29.9 Å². The minimum Gasteiger partial charge on any atom is -0.491 e. The molecule has 4 atom stereocenters. The lowest BCUT2D eigenvalue weighted by molar-refractivity contribution is -0.0125. The van der Waals surface area contributed by atoms with E-state index < -0.39 is 12.3 Å². The van der Waals surface area contributed by atoms with Crippen LogP contribution < -0.4 is 0 Å². The lowest BCUT2D eigenvalue weighted by Gasteiger charge is -2.27. The maximum absolute atomic E-state index is 14.9. The SMILES string of the molecule is C/C=C/COC1=CC=C(c2ccc(-c3ccc(C4CCC(C)CO4)cc3F)cc2)C(F)C1F. The zero-order valence-corrected chi connectivity index (χ0v) is 18.9. The Morgan fingerprint density at radius 3 is 2.42 bits per heavy atom. The molecular formula is C28H29F3O2. The average molecular weight is 455 g/mol. The van der Waals surface area contributed by atoms with Gasteiger partial charge in [-0.15, -0.1) is 0 Å². The first-order chi connectivity index (χ1) is 16.0. The second-order valence-corrected chi connectivity index (χ2v) is 8.70. The summed E-state index contributed by atoms with van der Waals surface area (Å²) in [4.78, 5) is 0. The molecule has 0 N–H and O–H groups in total. The van der Waals surface area contributed by atoms with Crippen molar-refractivity contribution in [1.82, 2.24) is 0 Å². The number of benzene rings is 2. The molecule has 0 spiro atoms. The fraction of sp³-hybridized carbons (Fsp3) is 0.357. The van der Waals surface area contributed by atoms with Crippen LogP contribution in [-0.4, -0.2) is 25.6 Å². The Hall–Kier alpha value is -2.79. The molecule has 1 aliphatic carbocycles. The highest BCUT2D eigenvalue weighted by molar-refractivity contribution is 5.75. The van der Waals surface area contributed by atoms with Gasteiger partial charge < -0.3 is 9.47 Å². The van der Waals surface area contributed by atoms with Crippen LogP contribution in [0.25, 0.3) is 16.7 Å². The van der Waals surface area contributed by atoms with Gasteiger partial charge in [0.15, 0.2) is 12.3 Å². The Kier molecular flexibility index (Phi) is 7.39. The van der Waals surface area contributed by atoms with Gasteiger partial charge in [0.25, 0.3) is 0 Å². The molecule has 5 heteroatoms. The number of hydrogen-bond acceptors (Lipinski definition) is 2. The van der Waals surface area contributed by atoms with Crippen LogP contribution in [0.15, 0.2) is 72.5 Å². The zero-order valence-electron chi connectivity index (χ0n) is 18.9. The van der Waals surface area contributed by atoms with E-state index >= 15 is 0 Å². The maximum Gasteiger partial charge on any atom is 0.192 e. The molecular weight excluding hydrogens is 425 g/mol. The van der Waals surface area contributed by atoms with Crippen LogP contribution in [0, 0.1) is 11.7 Å². The molecule has 2 aromatic rings. The topological polar surface area (TPSA) is 18.5 Å². The van der Waals surface area contributed by atoms with Crippen LogP contribution >= 0.6 is 0 Å². The van der Waals surface area contributed by atoms with Crippen molar-refractivity contribution in [2.75, 3.05) is 13.2 Å². The molecule has 0 amide bonds. The molecule has 2 aromatic carbocycles. The molecule has 2 nitrogen and oxygen atoms in total. The van der Waals surface area contributed by atoms with Crippen molar-refractivity contribution < 1.29 is 22.6 Å². The van der Waals surface area contributed by atoms with Gasteiger partial charge in [-0.05, 0) is 60.1 Å². The summed E-state index contributed by atoms with van der Waals surface area (Å²) in [5.74, 6) is 0.199. The fourth-order valence-electron chi connectivity index (χ4n) is 4.24. The van der Waals surface area contributed by atoms with E-state index in [1.807, 2.05) is 13.0 Å². The van der Waals surface area contributed by atoms with Gasteiger partial charge in [-0.3, -0.25) is 0 Å². The van der Waals surface area contributed by atoms with E-state index in [9.17, 15) is 13.2 Å². The highest BCUT2D eigenvalue weighted by atomic mass is 19.2. The number of ether oxygens (including phenoxy) is 2. The zero-order chi connectivity index (χ0) is 23.4. The monoisotopic (exact) mass is 454 g/mol. The van der Waals surface area contributed by atoms with Gasteiger partial charge in [-0.1, -0.05) is 61.5 Å². The number of alkyl halides is 2.